The monoisotopic (exact) mass is 388 g/mol. The zero-order chi connectivity index (χ0) is 20.1. The van der Waals surface area contributed by atoms with Gasteiger partial charge in [0.2, 0.25) is 0 Å². The summed E-state index contributed by atoms with van der Waals surface area (Å²) >= 11 is 0. The van der Waals surface area contributed by atoms with Gasteiger partial charge >= 0.3 is 6.03 Å². The molecular weight excluding hydrogens is 364 g/mol. The molecule has 0 spiro atoms. The number of nitrogens with zero attached hydrogens (tertiary/aromatic N) is 2. The van der Waals surface area contributed by atoms with Crippen molar-refractivity contribution in [3.63, 3.8) is 0 Å². The summed E-state index contributed by atoms with van der Waals surface area (Å²) in [4.78, 5) is 18.9. The number of aromatic nitrogens is 1. The molecule has 1 saturated heterocycles. The van der Waals surface area contributed by atoms with Crippen LogP contribution in [0.25, 0.3) is 11.1 Å². The molecule has 0 bridgehead atoms. The van der Waals surface area contributed by atoms with Crippen LogP contribution >= 0.6 is 0 Å². The number of carbonyl (C=O) groups is 1. The standard InChI is InChI=1S/C23H24N4O2/c1-17-15-19(9-10-24-17)18-5-7-20(8-6-18)25-23(28)26-21-3-2-4-22(16-21)27-11-13-29-14-12-27/h2-10,15-16H,11-14H2,1H3,(H2,25,26,28). The summed E-state index contributed by atoms with van der Waals surface area (Å²) in [6.45, 7) is 5.15. The van der Waals surface area contributed by atoms with Crippen LogP contribution in [0.2, 0.25) is 0 Å². The van der Waals surface area contributed by atoms with Crippen LogP contribution in [0, 0.1) is 6.92 Å². The van der Waals surface area contributed by atoms with Crippen molar-refractivity contribution in [2.45, 2.75) is 6.92 Å². The lowest BCUT2D eigenvalue weighted by Gasteiger charge is -2.29. The van der Waals surface area contributed by atoms with Crippen molar-refractivity contribution in [1.29, 1.82) is 0 Å². The minimum atomic E-state index is -0.267. The van der Waals surface area contributed by atoms with Gasteiger partial charge in [-0.2, -0.15) is 0 Å². The Labute approximate surface area is 170 Å². The number of hydrogen-bond acceptors (Lipinski definition) is 4. The van der Waals surface area contributed by atoms with E-state index in [-0.39, 0.29) is 6.03 Å². The third kappa shape index (κ3) is 4.92. The number of carbonyl (C=O) groups excluding carboxylic acids is 1. The van der Waals surface area contributed by atoms with Gasteiger partial charge in [0.1, 0.15) is 0 Å². The molecule has 0 atom stereocenters. The summed E-state index contributed by atoms with van der Waals surface area (Å²) in [6.07, 6.45) is 1.80. The number of ether oxygens (including phenoxy) is 1. The van der Waals surface area contributed by atoms with Gasteiger partial charge in [-0.25, -0.2) is 4.79 Å². The van der Waals surface area contributed by atoms with E-state index in [9.17, 15) is 4.79 Å². The second kappa shape index (κ2) is 8.75. The van der Waals surface area contributed by atoms with Crippen molar-refractivity contribution >= 4 is 23.1 Å². The van der Waals surface area contributed by atoms with E-state index >= 15 is 0 Å². The topological polar surface area (TPSA) is 66.5 Å². The molecule has 4 rings (SSSR count). The van der Waals surface area contributed by atoms with Crippen molar-refractivity contribution in [1.82, 2.24) is 4.98 Å². The van der Waals surface area contributed by atoms with Gasteiger partial charge in [-0.1, -0.05) is 18.2 Å². The second-order valence-electron chi connectivity index (χ2n) is 6.99. The first-order valence-electron chi connectivity index (χ1n) is 9.71. The van der Waals surface area contributed by atoms with E-state index in [1.807, 2.05) is 67.6 Å². The fourth-order valence-corrected chi connectivity index (χ4v) is 3.37. The average molecular weight is 388 g/mol. The molecule has 1 aromatic heterocycles. The Hall–Kier alpha value is -3.38. The first-order valence-corrected chi connectivity index (χ1v) is 9.71. The molecule has 2 N–H and O–H groups in total. The minimum Gasteiger partial charge on any atom is -0.378 e. The molecule has 2 heterocycles. The summed E-state index contributed by atoms with van der Waals surface area (Å²) < 4.78 is 5.40. The fourth-order valence-electron chi connectivity index (χ4n) is 3.37. The third-order valence-corrected chi connectivity index (χ3v) is 4.85. The average Bonchev–Trinajstić information content (AvgIpc) is 2.75. The SMILES string of the molecule is Cc1cc(-c2ccc(NC(=O)Nc3cccc(N4CCOCC4)c3)cc2)ccn1. The van der Waals surface area contributed by atoms with Crippen LogP contribution in [-0.4, -0.2) is 37.3 Å². The summed E-state index contributed by atoms with van der Waals surface area (Å²) in [5.41, 5.74) is 5.75. The summed E-state index contributed by atoms with van der Waals surface area (Å²) in [7, 11) is 0. The highest BCUT2D eigenvalue weighted by atomic mass is 16.5. The highest BCUT2D eigenvalue weighted by Gasteiger charge is 2.12. The van der Waals surface area contributed by atoms with Crippen LogP contribution < -0.4 is 15.5 Å². The zero-order valence-corrected chi connectivity index (χ0v) is 16.4. The number of hydrogen-bond donors (Lipinski definition) is 2. The Morgan fingerprint density at radius 1 is 0.931 bits per heavy atom. The lowest BCUT2D eigenvalue weighted by Crippen LogP contribution is -2.36. The fraction of sp³-hybridized carbons (Fsp3) is 0.217. The van der Waals surface area contributed by atoms with E-state index in [1.165, 1.54) is 0 Å². The molecule has 1 aliphatic heterocycles. The molecule has 0 unspecified atom stereocenters. The van der Waals surface area contributed by atoms with E-state index in [4.69, 9.17) is 4.74 Å². The predicted octanol–water partition coefficient (Wildman–Crippen LogP) is 4.54. The highest BCUT2D eigenvalue weighted by Crippen LogP contribution is 2.23. The first kappa shape index (κ1) is 19.0. The Balaban J connectivity index is 1.38. The van der Waals surface area contributed by atoms with Gasteiger partial charge < -0.3 is 20.3 Å². The van der Waals surface area contributed by atoms with Gasteiger partial charge in [0, 0.05) is 42.0 Å². The summed E-state index contributed by atoms with van der Waals surface area (Å²) in [5, 5.41) is 5.79. The Kier molecular flexibility index (Phi) is 5.72. The first-order chi connectivity index (χ1) is 14.2. The van der Waals surface area contributed by atoms with Crippen LogP contribution in [0.5, 0.6) is 0 Å². The molecule has 1 fully saturated rings. The zero-order valence-electron chi connectivity index (χ0n) is 16.4. The van der Waals surface area contributed by atoms with E-state index in [0.717, 1.165) is 60.2 Å². The molecule has 0 radical (unpaired) electrons. The number of urea groups is 1. The molecule has 148 valence electrons. The molecule has 0 aliphatic carbocycles. The molecule has 29 heavy (non-hydrogen) atoms. The number of nitrogens with one attached hydrogen (secondary N) is 2. The molecule has 2 aromatic carbocycles. The van der Waals surface area contributed by atoms with Crippen LogP contribution in [0.15, 0.2) is 66.9 Å². The number of anilines is 3. The minimum absolute atomic E-state index is 0.267. The van der Waals surface area contributed by atoms with E-state index in [0.29, 0.717) is 0 Å². The van der Waals surface area contributed by atoms with Gasteiger partial charge in [0.05, 0.1) is 13.2 Å². The van der Waals surface area contributed by atoms with Gasteiger partial charge in [-0.3, -0.25) is 4.98 Å². The molecule has 2 amide bonds. The third-order valence-electron chi connectivity index (χ3n) is 4.85. The second-order valence-corrected chi connectivity index (χ2v) is 6.99. The van der Waals surface area contributed by atoms with Crippen molar-refractivity contribution in [3.05, 3.63) is 72.6 Å². The Morgan fingerprint density at radius 2 is 1.69 bits per heavy atom. The molecule has 1 aliphatic rings. The quantitative estimate of drug-likeness (QED) is 0.689. The summed E-state index contributed by atoms with van der Waals surface area (Å²) in [5.74, 6) is 0. The van der Waals surface area contributed by atoms with Gasteiger partial charge in [-0.15, -0.1) is 0 Å². The normalized spacial score (nSPS) is 13.8. The van der Waals surface area contributed by atoms with Crippen LogP contribution in [0.4, 0.5) is 21.9 Å². The highest BCUT2D eigenvalue weighted by molar-refractivity contribution is 6.00. The molecule has 0 saturated carbocycles. The maximum absolute atomic E-state index is 12.4. The van der Waals surface area contributed by atoms with Gasteiger partial charge in [-0.05, 0) is 60.5 Å². The van der Waals surface area contributed by atoms with Crippen LogP contribution in [0.3, 0.4) is 0 Å². The predicted molar refractivity (Wildman–Crippen MR) is 117 cm³/mol. The Bertz CT molecular complexity index is 982. The van der Waals surface area contributed by atoms with Crippen molar-refractivity contribution in [2.24, 2.45) is 0 Å². The van der Waals surface area contributed by atoms with Crippen molar-refractivity contribution in [2.75, 3.05) is 41.8 Å². The maximum Gasteiger partial charge on any atom is 0.323 e. The van der Waals surface area contributed by atoms with Crippen LogP contribution in [0.1, 0.15) is 5.69 Å². The van der Waals surface area contributed by atoms with E-state index < -0.39 is 0 Å². The number of amides is 2. The van der Waals surface area contributed by atoms with Crippen molar-refractivity contribution in [3.8, 4) is 11.1 Å². The lowest BCUT2D eigenvalue weighted by molar-refractivity contribution is 0.122. The summed E-state index contributed by atoms with van der Waals surface area (Å²) in [6, 6.07) is 19.4. The number of aryl methyl sites for hydroxylation is 1. The smallest absolute Gasteiger partial charge is 0.323 e. The molecule has 6 heteroatoms. The van der Waals surface area contributed by atoms with E-state index in [2.05, 4.69) is 20.5 Å². The largest absolute Gasteiger partial charge is 0.378 e. The van der Waals surface area contributed by atoms with Crippen molar-refractivity contribution < 1.29 is 9.53 Å². The Morgan fingerprint density at radius 3 is 2.45 bits per heavy atom. The maximum atomic E-state index is 12.4. The number of benzene rings is 2. The molecular formula is C23H24N4O2. The molecule has 3 aromatic rings. The van der Waals surface area contributed by atoms with Crippen LogP contribution in [-0.2, 0) is 4.74 Å². The number of pyridine rings is 1. The number of rotatable bonds is 4. The number of morpholine rings is 1. The van der Waals surface area contributed by atoms with Gasteiger partial charge in [0.15, 0.2) is 0 Å². The van der Waals surface area contributed by atoms with E-state index in [1.54, 1.807) is 6.20 Å². The molecule has 6 nitrogen and oxygen atoms in total. The lowest BCUT2D eigenvalue weighted by atomic mass is 10.1. The van der Waals surface area contributed by atoms with Gasteiger partial charge in [0.25, 0.3) is 0 Å².